The summed E-state index contributed by atoms with van der Waals surface area (Å²) >= 11 is 0. The molecule has 22 heavy (non-hydrogen) atoms. The first kappa shape index (κ1) is 13.9. The van der Waals surface area contributed by atoms with Crippen molar-refractivity contribution < 1.29 is 4.79 Å². The maximum atomic E-state index is 11.9. The van der Waals surface area contributed by atoms with Gasteiger partial charge in [-0.25, -0.2) is 9.67 Å². The summed E-state index contributed by atoms with van der Waals surface area (Å²) in [6.07, 6.45) is 3.69. The summed E-state index contributed by atoms with van der Waals surface area (Å²) < 4.78 is 1.74. The van der Waals surface area contributed by atoms with Crippen molar-refractivity contribution >= 4 is 5.91 Å². The summed E-state index contributed by atoms with van der Waals surface area (Å²) in [7, 11) is 0. The third-order valence-corrected chi connectivity index (χ3v) is 3.17. The van der Waals surface area contributed by atoms with Gasteiger partial charge in [-0.05, 0) is 23.8 Å². The Morgan fingerprint density at radius 2 is 1.64 bits per heavy atom. The van der Waals surface area contributed by atoms with Crippen LogP contribution in [0, 0.1) is 0 Å². The maximum Gasteiger partial charge on any atom is 0.250 e. The topological polar surface area (TPSA) is 47.2 Å². The largest absolute Gasteiger partial charge is 0.272 e. The first-order valence-corrected chi connectivity index (χ1v) is 7.03. The molecule has 108 valence electrons. The van der Waals surface area contributed by atoms with Crippen LogP contribution in [-0.2, 0) is 11.2 Å². The van der Waals surface area contributed by atoms with E-state index < -0.39 is 0 Å². The maximum absolute atomic E-state index is 11.9. The zero-order valence-electron chi connectivity index (χ0n) is 12.0. The predicted octanol–water partition coefficient (Wildman–Crippen LogP) is 2.54. The molecular weight excluding hydrogens is 274 g/mol. The van der Waals surface area contributed by atoms with Gasteiger partial charge in [-0.3, -0.25) is 4.79 Å². The number of carbonyl (C=O) groups is 1. The van der Waals surface area contributed by atoms with Crippen molar-refractivity contribution in [1.29, 1.82) is 0 Å². The second-order valence-electron chi connectivity index (χ2n) is 4.83. The molecule has 0 fully saturated rings. The van der Waals surface area contributed by atoms with Gasteiger partial charge in [-0.2, -0.15) is 5.10 Å². The van der Waals surface area contributed by atoms with Gasteiger partial charge in [0.25, 0.3) is 5.91 Å². The zero-order chi connectivity index (χ0) is 15.2. The fraction of sp³-hybridized carbons (Fsp3) is 0.0556. The van der Waals surface area contributed by atoms with Gasteiger partial charge in [0.05, 0.1) is 23.7 Å². The number of hydrogen-bond donors (Lipinski definition) is 0. The van der Waals surface area contributed by atoms with Crippen LogP contribution in [0.3, 0.4) is 0 Å². The number of hydrogen-bond acceptors (Lipinski definition) is 2. The normalized spacial score (nSPS) is 11.4. The number of amides is 1. The van der Waals surface area contributed by atoms with Gasteiger partial charge in [-0.1, -0.05) is 48.5 Å². The summed E-state index contributed by atoms with van der Waals surface area (Å²) in [6, 6.07) is 21.1. The molecule has 0 bridgehead atoms. The van der Waals surface area contributed by atoms with Crippen LogP contribution in [0.5, 0.6) is 0 Å². The van der Waals surface area contributed by atoms with E-state index in [2.05, 4.69) is 10.1 Å². The van der Waals surface area contributed by atoms with E-state index in [1.54, 1.807) is 23.1 Å². The Kier molecular flexibility index (Phi) is 4.20. The molecular formula is C18H15N3O. The molecule has 0 N–H and O–H groups in total. The van der Waals surface area contributed by atoms with E-state index >= 15 is 0 Å². The summed E-state index contributed by atoms with van der Waals surface area (Å²) in [6.45, 7) is 0. The van der Waals surface area contributed by atoms with Crippen LogP contribution in [0.25, 0.3) is 5.69 Å². The van der Waals surface area contributed by atoms with E-state index in [0.29, 0.717) is 11.8 Å². The molecule has 4 heteroatoms. The van der Waals surface area contributed by atoms with Crippen LogP contribution in [-0.4, -0.2) is 15.7 Å². The molecule has 0 saturated carbocycles. The van der Waals surface area contributed by atoms with Gasteiger partial charge in [0.2, 0.25) is 0 Å². The number of aromatic nitrogens is 2. The summed E-state index contributed by atoms with van der Waals surface area (Å²) in [4.78, 5) is 16.0. The fourth-order valence-electron chi connectivity index (χ4n) is 2.10. The van der Waals surface area contributed by atoms with Gasteiger partial charge in [0.1, 0.15) is 0 Å². The second kappa shape index (κ2) is 6.63. The van der Waals surface area contributed by atoms with E-state index in [4.69, 9.17) is 0 Å². The molecule has 0 radical (unpaired) electrons. The van der Waals surface area contributed by atoms with E-state index in [1.165, 1.54) is 0 Å². The van der Waals surface area contributed by atoms with E-state index in [0.717, 1.165) is 11.3 Å². The van der Waals surface area contributed by atoms with E-state index in [1.807, 2.05) is 60.7 Å². The molecule has 0 aliphatic heterocycles. The molecule has 1 amide bonds. The molecule has 4 nitrogen and oxygen atoms in total. The number of carbonyl (C=O) groups excluding carboxylic acids is 1. The van der Waals surface area contributed by atoms with Crippen LogP contribution in [0.1, 0.15) is 5.56 Å². The number of para-hydroxylation sites is 1. The quantitative estimate of drug-likeness (QED) is 0.744. The molecule has 0 unspecified atom stereocenters. The lowest BCUT2D eigenvalue weighted by Gasteiger charge is -2.03. The Labute approximate surface area is 128 Å². The Morgan fingerprint density at radius 1 is 0.955 bits per heavy atom. The first-order chi connectivity index (χ1) is 10.8. The second-order valence-corrected chi connectivity index (χ2v) is 4.83. The highest BCUT2D eigenvalue weighted by molar-refractivity contribution is 5.79. The molecule has 3 aromatic rings. The van der Waals surface area contributed by atoms with Crippen molar-refractivity contribution in [3.63, 3.8) is 0 Å². The average Bonchev–Trinajstić information content (AvgIpc) is 2.57. The van der Waals surface area contributed by atoms with Crippen molar-refractivity contribution in [2.24, 2.45) is 4.99 Å². The van der Waals surface area contributed by atoms with E-state index in [-0.39, 0.29) is 5.91 Å². The lowest BCUT2D eigenvalue weighted by molar-refractivity contribution is -0.117. The fourth-order valence-corrected chi connectivity index (χ4v) is 2.10. The molecule has 0 spiro atoms. The van der Waals surface area contributed by atoms with Crippen molar-refractivity contribution in [2.75, 3.05) is 0 Å². The Morgan fingerprint density at radius 3 is 2.27 bits per heavy atom. The highest BCUT2D eigenvalue weighted by Gasteiger charge is 2.00. The van der Waals surface area contributed by atoms with Gasteiger partial charge >= 0.3 is 0 Å². The van der Waals surface area contributed by atoms with Gasteiger partial charge in [0, 0.05) is 6.20 Å². The summed E-state index contributed by atoms with van der Waals surface area (Å²) in [5.41, 5.74) is 1.92. The Hall–Kier alpha value is -3.01. The Bertz CT molecular complexity index is 803. The standard InChI is InChI=1S/C18H15N3O/c22-18(13-15-7-3-1-4-8-15)20-16-11-12-21(19-14-16)17-9-5-2-6-10-17/h1-12,14H,13H2. The van der Waals surface area contributed by atoms with Crippen LogP contribution >= 0.6 is 0 Å². The summed E-state index contributed by atoms with van der Waals surface area (Å²) in [5.74, 6) is -0.175. The highest BCUT2D eigenvalue weighted by Crippen LogP contribution is 2.03. The first-order valence-electron chi connectivity index (χ1n) is 7.03. The monoisotopic (exact) mass is 289 g/mol. The predicted molar refractivity (Wildman–Crippen MR) is 84.3 cm³/mol. The summed E-state index contributed by atoms with van der Waals surface area (Å²) in [5, 5.41) is 4.84. The number of benzene rings is 2. The third kappa shape index (κ3) is 3.55. The van der Waals surface area contributed by atoms with Crippen LogP contribution in [0.4, 0.5) is 0 Å². The SMILES string of the molecule is O=C(Cc1ccccc1)N=c1ccn(-c2ccccc2)nc1. The van der Waals surface area contributed by atoms with Crippen molar-refractivity contribution in [3.05, 3.63) is 90.0 Å². The van der Waals surface area contributed by atoms with Gasteiger partial charge < -0.3 is 0 Å². The molecule has 0 atom stereocenters. The van der Waals surface area contributed by atoms with Crippen LogP contribution < -0.4 is 5.36 Å². The van der Waals surface area contributed by atoms with Crippen LogP contribution in [0.15, 0.2) is 84.1 Å². The zero-order valence-corrected chi connectivity index (χ0v) is 12.0. The lowest BCUT2D eigenvalue weighted by atomic mass is 10.1. The van der Waals surface area contributed by atoms with Crippen molar-refractivity contribution in [1.82, 2.24) is 9.78 Å². The van der Waals surface area contributed by atoms with Crippen molar-refractivity contribution in [3.8, 4) is 5.69 Å². The highest BCUT2D eigenvalue weighted by atomic mass is 16.1. The molecule has 1 heterocycles. The minimum absolute atomic E-state index is 0.175. The lowest BCUT2D eigenvalue weighted by Crippen LogP contribution is -2.12. The van der Waals surface area contributed by atoms with Crippen molar-refractivity contribution in [2.45, 2.75) is 6.42 Å². The molecule has 0 aliphatic carbocycles. The minimum atomic E-state index is -0.175. The van der Waals surface area contributed by atoms with Gasteiger partial charge in [-0.15, -0.1) is 0 Å². The van der Waals surface area contributed by atoms with Gasteiger partial charge in [0.15, 0.2) is 0 Å². The molecule has 0 aliphatic rings. The average molecular weight is 289 g/mol. The number of rotatable bonds is 3. The molecule has 3 rings (SSSR count). The molecule has 2 aromatic carbocycles. The minimum Gasteiger partial charge on any atom is -0.272 e. The molecule has 1 aromatic heterocycles. The van der Waals surface area contributed by atoms with E-state index in [9.17, 15) is 4.79 Å². The van der Waals surface area contributed by atoms with Crippen LogP contribution in [0.2, 0.25) is 0 Å². The Balaban J connectivity index is 1.76. The third-order valence-electron chi connectivity index (χ3n) is 3.17. The smallest absolute Gasteiger partial charge is 0.250 e. The number of nitrogens with zero attached hydrogens (tertiary/aromatic N) is 3. The molecule has 0 saturated heterocycles.